The van der Waals surface area contributed by atoms with E-state index in [0.717, 1.165) is 25.6 Å². The van der Waals surface area contributed by atoms with Gasteiger partial charge in [-0.3, -0.25) is 4.98 Å². The first-order valence-electron chi connectivity index (χ1n) is 6.55. The number of aromatic nitrogens is 1. The molecule has 1 saturated heterocycles. The Morgan fingerprint density at radius 1 is 1.47 bits per heavy atom. The van der Waals surface area contributed by atoms with Crippen molar-refractivity contribution in [3.8, 4) is 0 Å². The second-order valence-corrected chi connectivity index (χ2v) is 5.38. The number of hydrogen-bond donors (Lipinski definition) is 1. The van der Waals surface area contributed by atoms with E-state index in [2.05, 4.69) is 42.0 Å². The van der Waals surface area contributed by atoms with Crippen LogP contribution in [0.3, 0.4) is 0 Å². The molecule has 0 spiro atoms. The fourth-order valence-electron chi connectivity index (χ4n) is 2.35. The maximum Gasteiger partial charge on any atom is 0.0555 e. The van der Waals surface area contributed by atoms with Gasteiger partial charge in [-0.15, -0.1) is 0 Å². The molecule has 0 bridgehead atoms. The molecule has 17 heavy (non-hydrogen) atoms. The number of hydrogen-bond acceptors (Lipinski definition) is 3. The molecule has 0 saturated carbocycles. The van der Waals surface area contributed by atoms with Crippen LogP contribution in [-0.4, -0.2) is 30.7 Å². The lowest BCUT2D eigenvalue weighted by Crippen LogP contribution is -2.30. The molecule has 0 radical (unpaired) electrons. The van der Waals surface area contributed by atoms with E-state index in [1.807, 2.05) is 12.4 Å². The molecular formula is C14H23N3. The predicted molar refractivity (Wildman–Crippen MR) is 72.4 cm³/mol. The number of pyridine rings is 1. The minimum atomic E-state index is 0.588. The van der Waals surface area contributed by atoms with Gasteiger partial charge in [0.1, 0.15) is 0 Å². The maximum absolute atomic E-state index is 4.27. The summed E-state index contributed by atoms with van der Waals surface area (Å²) in [5.41, 5.74) is 2.52. The van der Waals surface area contributed by atoms with Crippen LogP contribution in [0, 0.1) is 12.8 Å². The van der Waals surface area contributed by atoms with Crippen LogP contribution < -0.4 is 10.2 Å². The van der Waals surface area contributed by atoms with Crippen molar-refractivity contribution in [1.82, 2.24) is 10.3 Å². The van der Waals surface area contributed by atoms with Crippen molar-refractivity contribution in [2.24, 2.45) is 5.92 Å². The third-order valence-electron chi connectivity index (χ3n) is 3.33. The molecule has 0 aliphatic carbocycles. The minimum absolute atomic E-state index is 0.588. The van der Waals surface area contributed by atoms with Crippen LogP contribution >= 0.6 is 0 Å². The van der Waals surface area contributed by atoms with Crippen LogP contribution in [0.25, 0.3) is 0 Å². The van der Waals surface area contributed by atoms with E-state index in [0.29, 0.717) is 6.04 Å². The summed E-state index contributed by atoms with van der Waals surface area (Å²) in [6, 6.07) is 2.82. The third kappa shape index (κ3) is 3.43. The van der Waals surface area contributed by atoms with Crippen molar-refractivity contribution in [2.45, 2.75) is 33.2 Å². The fraction of sp³-hybridized carbons (Fsp3) is 0.643. The first-order chi connectivity index (χ1) is 8.15. The van der Waals surface area contributed by atoms with E-state index in [1.54, 1.807) is 0 Å². The molecule has 94 valence electrons. The highest BCUT2D eigenvalue weighted by atomic mass is 15.2. The average Bonchev–Trinajstić information content (AvgIpc) is 2.75. The number of anilines is 1. The molecule has 3 heteroatoms. The van der Waals surface area contributed by atoms with E-state index in [9.17, 15) is 0 Å². The lowest BCUT2D eigenvalue weighted by Gasteiger charge is -2.19. The molecule has 3 nitrogen and oxygen atoms in total. The molecule has 1 N–H and O–H groups in total. The second-order valence-electron chi connectivity index (χ2n) is 5.38. The van der Waals surface area contributed by atoms with Crippen molar-refractivity contribution in [3.63, 3.8) is 0 Å². The van der Waals surface area contributed by atoms with Crippen molar-refractivity contribution in [3.05, 3.63) is 24.0 Å². The molecule has 2 rings (SSSR count). The molecule has 0 amide bonds. The SMILES string of the molecule is Cc1cncc(N2CCC(CNC(C)C)C2)c1. The van der Waals surface area contributed by atoms with Crippen molar-refractivity contribution in [1.29, 1.82) is 0 Å². The van der Waals surface area contributed by atoms with Gasteiger partial charge in [-0.2, -0.15) is 0 Å². The Morgan fingerprint density at radius 2 is 2.29 bits per heavy atom. The molecule has 1 aromatic heterocycles. The largest absolute Gasteiger partial charge is 0.370 e. The first-order valence-corrected chi connectivity index (χ1v) is 6.55. The van der Waals surface area contributed by atoms with Gasteiger partial charge in [-0.25, -0.2) is 0 Å². The van der Waals surface area contributed by atoms with E-state index in [4.69, 9.17) is 0 Å². The van der Waals surface area contributed by atoms with E-state index in [1.165, 1.54) is 17.7 Å². The predicted octanol–water partition coefficient (Wildman–Crippen LogP) is 2.21. The summed E-state index contributed by atoms with van der Waals surface area (Å²) in [7, 11) is 0. The summed E-state index contributed by atoms with van der Waals surface area (Å²) in [4.78, 5) is 6.72. The molecule has 1 unspecified atom stereocenters. The van der Waals surface area contributed by atoms with Crippen LogP contribution in [0.1, 0.15) is 25.8 Å². The Hall–Kier alpha value is -1.09. The molecule has 1 aliphatic heterocycles. The normalized spacial score (nSPS) is 20.2. The molecule has 0 aromatic carbocycles. The third-order valence-corrected chi connectivity index (χ3v) is 3.33. The average molecular weight is 233 g/mol. The van der Waals surface area contributed by atoms with Crippen molar-refractivity contribution in [2.75, 3.05) is 24.5 Å². The van der Waals surface area contributed by atoms with Crippen LogP contribution in [-0.2, 0) is 0 Å². The number of nitrogens with one attached hydrogen (secondary N) is 1. The zero-order valence-corrected chi connectivity index (χ0v) is 11.1. The lowest BCUT2D eigenvalue weighted by atomic mass is 10.1. The van der Waals surface area contributed by atoms with E-state index < -0.39 is 0 Å². The summed E-state index contributed by atoms with van der Waals surface area (Å²) >= 11 is 0. The van der Waals surface area contributed by atoms with Crippen LogP contribution in [0.5, 0.6) is 0 Å². The van der Waals surface area contributed by atoms with Gasteiger partial charge in [0, 0.05) is 25.3 Å². The van der Waals surface area contributed by atoms with E-state index in [-0.39, 0.29) is 0 Å². The smallest absolute Gasteiger partial charge is 0.0555 e. The fourth-order valence-corrected chi connectivity index (χ4v) is 2.35. The number of rotatable bonds is 4. The van der Waals surface area contributed by atoms with Crippen molar-refractivity contribution >= 4 is 5.69 Å². The van der Waals surface area contributed by atoms with Gasteiger partial charge in [0.25, 0.3) is 0 Å². The van der Waals surface area contributed by atoms with Crippen LogP contribution in [0.15, 0.2) is 18.5 Å². The summed E-state index contributed by atoms with van der Waals surface area (Å²) in [5.74, 6) is 0.776. The molecular weight excluding hydrogens is 210 g/mol. The van der Waals surface area contributed by atoms with Crippen LogP contribution in [0.2, 0.25) is 0 Å². The monoisotopic (exact) mass is 233 g/mol. The number of aryl methyl sites for hydroxylation is 1. The summed E-state index contributed by atoms with van der Waals surface area (Å²) in [6.07, 6.45) is 5.18. The minimum Gasteiger partial charge on any atom is -0.370 e. The van der Waals surface area contributed by atoms with Gasteiger partial charge in [0.05, 0.1) is 11.9 Å². The Kier molecular flexibility index (Phi) is 4.00. The summed E-state index contributed by atoms with van der Waals surface area (Å²) < 4.78 is 0. The Labute approximate surface area is 104 Å². The van der Waals surface area contributed by atoms with Gasteiger partial charge in [-0.1, -0.05) is 13.8 Å². The molecule has 1 fully saturated rings. The standard InChI is InChI=1S/C14H23N3/c1-11(2)16-8-13-4-5-17(10-13)14-6-12(3)7-15-9-14/h6-7,9,11,13,16H,4-5,8,10H2,1-3H3. The topological polar surface area (TPSA) is 28.2 Å². The summed E-state index contributed by atoms with van der Waals surface area (Å²) in [6.45, 7) is 9.96. The Balaban J connectivity index is 1.89. The molecule has 1 aromatic rings. The van der Waals surface area contributed by atoms with Crippen LogP contribution in [0.4, 0.5) is 5.69 Å². The second kappa shape index (κ2) is 5.50. The molecule has 1 aliphatic rings. The highest BCUT2D eigenvalue weighted by Gasteiger charge is 2.22. The van der Waals surface area contributed by atoms with Gasteiger partial charge in [0.15, 0.2) is 0 Å². The van der Waals surface area contributed by atoms with Gasteiger partial charge >= 0.3 is 0 Å². The van der Waals surface area contributed by atoms with Crippen molar-refractivity contribution < 1.29 is 0 Å². The highest BCUT2D eigenvalue weighted by Crippen LogP contribution is 2.23. The summed E-state index contributed by atoms with van der Waals surface area (Å²) in [5, 5.41) is 3.53. The van der Waals surface area contributed by atoms with Gasteiger partial charge < -0.3 is 10.2 Å². The highest BCUT2D eigenvalue weighted by molar-refractivity contribution is 5.46. The zero-order valence-electron chi connectivity index (χ0n) is 11.1. The van der Waals surface area contributed by atoms with E-state index >= 15 is 0 Å². The van der Waals surface area contributed by atoms with Gasteiger partial charge in [0.2, 0.25) is 0 Å². The quantitative estimate of drug-likeness (QED) is 0.864. The molecule has 2 heterocycles. The van der Waals surface area contributed by atoms with Gasteiger partial charge in [-0.05, 0) is 37.4 Å². The molecule has 1 atom stereocenters. The maximum atomic E-state index is 4.27. The number of nitrogens with zero attached hydrogens (tertiary/aromatic N) is 2. The Bertz CT molecular complexity index is 362. The first kappa shape index (κ1) is 12.4. The zero-order chi connectivity index (χ0) is 12.3. The lowest BCUT2D eigenvalue weighted by molar-refractivity contribution is 0.480. The Morgan fingerprint density at radius 3 is 3.00 bits per heavy atom.